The van der Waals surface area contributed by atoms with Crippen LogP contribution in [0.15, 0.2) is 413 Å². The fraction of sp³-hybridized carbons (Fsp3) is 0.0536. The summed E-state index contributed by atoms with van der Waals surface area (Å²) in [7, 11) is 0. The normalized spacial score (nSPS) is 12.5. The summed E-state index contributed by atoms with van der Waals surface area (Å²) in [6, 6.07) is 139. The maximum atomic E-state index is 5.14. The van der Waals surface area contributed by atoms with Crippen molar-refractivity contribution in [2.75, 3.05) is 0 Å². The second-order valence-electron chi connectivity index (χ2n) is 31.8. The number of benzene rings is 15. The van der Waals surface area contributed by atoms with Crippen LogP contribution in [0.5, 0.6) is 0 Å². The van der Waals surface area contributed by atoms with Crippen molar-refractivity contribution in [2.24, 2.45) is 0 Å². The van der Waals surface area contributed by atoms with Crippen LogP contribution < -0.4 is 0 Å². The first-order valence-electron chi connectivity index (χ1n) is 40.4. The molecular formula is C112H80N6. The van der Waals surface area contributed by atoms with Gasteiger partial charge in [0.2, 0.25) is 0 Å². The van der Waals surface area contributed by atoms with Gasteiger partial charge in [-0.15, -0.1) is 0 Å². The van der Waals surface area contributed by atoms with E-state index in [4.69, 9.17) is 19.9 Å². The number of pyridine rings is 2. The highest BCUT2D eigenvalue weighted by atomic mass is 14.9. The quantitative estimate of drug-likeness (QED) is 0.108. The van der Waals surface area contributed by atoms with Crippen molar-refractivity contribution < 1.29 is 0 Å². The van der Waals surface area contributed by atoms with E-state index in [1.807, 2.05) is 60.9 Å². The van der Waals surface area contributed by atoms with E-state index in [1.165, 1.54) is 99.8 Å². The predicted octanol–water partition coefficient (Wildman–Crippen LogP) is 28.8. The summed E-state index contributed by atoms with van der Waals surface area (Å²) >= 11 is 0. The van der Waals surface area contributed by atoms with Crippen molar-refractivity contribution >= 4 is 10.8 Å². The van der Waals surface area contributed by atoms with E-state index in [0.29, 0.717) is 11.6 Å². The maximum Gasteiger partial charge on any atom is 0.160 e. The largest absolute Gasteiger partial charge is 0.264 e. The van der Waals surface area contributed by atoms with E-state index < -0.39 is 0 Å². The molecule has 21 rings (SSSR count). The minimum atomic E-state index is -0.106. The van der Waals surface area contributed by atoms with E-state index in [9.17, 15) is 0 Å². The first kappa shape index (κ1) is 72.0. The molecule has 6 nitrogen and oxygen atoms in total. The Morgan fingerprint density at radius 2 is 0.517 bits per heavy atom. The van der Waals surface area contributed by atoms with E-state index in [0.717, 1.165) is 101 Å². The Labute approximate surface area is 689 Å². The molecule has 19 aromatic rings. The Hall–Kier alpha value is -15.0. The standard InChI is InChI=1S/C58H41N3.C54H39N3/c1-58(2)53-35-47(28-29-51(53)52-30-27-39-12-6-7-22-50(39)56(52)58)45-18-9-16-43(33-45)42-15-8-17-44(32-42)46-19-10-20-48(34-46)55-36-54(60-57(61-55)41-13-4-3-5-14-41)40-25-23-38(24-26-40)49-21-11-31-59-37-49;1-54(2)49-22-7-6-21-47(49)48-33-44(27-28-50(48)54)42-17-9-15-40(31-42)39-14-8-16-41(30-39)43-18-10-19-45(32-43)52-34-51(56-53(57-52)38-12-4-3-5-13-38)37-25-23-36(24-26-37)46-20-11-29-55-35-46/h3-37H,1-2H3;3-35H,1-2H3. The highest BCUT2D eigenvalue weighted by Gasteiger charge is 2.38. The van der Waals surface area contributed by atoms with E-state index >= 15 is 0 Å². The number of fused-ring (bicyclic) bond motifs is 8. The van der Waals surface area contributed by atoms with Gasteiger partial charge in [-0.2, -0.15) is 0 Å². The SMILES string of the molecule is CC1(C)c2cc(-c3cccc(-c4cccc(-c5cccc(-c6cc(-c7ccc(-c8cccnc8)cc7)nc(-c7ccccc7)n6)c5)c4)c3)ccc2-c2ccc3ccccc3c21.CC1(C)c2ccccc2-c2cc(-c3cccc(-c4cccc(-c5cccc(-c6cc(-c7ccc(-c8cccnc8)cc7)nc(-c7ccccc7)n6)c5)c4)c3)ccc21. The lowest BCUT2D eigenvalue weighted by atomic mass is 9.79. The van der Waals surface area contributed by atoms with Crippen LogP contribution in [-0.4, -0.2) is 29.9 Å². The highest BCUT2D eigenvalue weighted by molar-refractivity contribution is 5.98. The molecule has 0 N–H and O–H groups in total. The molecule has 0 atom stereocenters. The van der Waals surface area contributed by atoms with Crippen LogP contribution in [0.1, 0.15) is 49.9 Å². The molecule has 0 saturated heterocycles. The summed E-state index contributed by atoms with van der Waals surface area (Å²) in [6.07, 6.45) is 7.37. The fourth-order valence-corrected chi connectivity index (χ4v) is 17.6. The Morgan fingerprint density at radius 3 is 0.975 bits per heavy atom. The van der Waals surface area contributed by atoms with Crippen LogP contribution in [0.25, 0.3) is 190 Å². The van der Waals surface area contributed by atoms with Crippen LogP contribution >= 0.6 is 0 Å². The number of rotatable bonds is 14. The highest BCUT2D eigenvalue weighted by Crippen LogP contribution is 2.53. The monoisotopic (exact) mass is 1510 g/mol. The molecule has 0 amide bonds. The van der Waals surface area contributed by atoms with Crippen molar-refractivity contribution in [3.05, 3.63) is 435 Å². The average molecular weight is 1510 g/mol. The van der Waals surface area contributed by atoms with Gasteiger partial charge in [0.25, 0.3) is 0 Å². The van der Waals surface area contributed by atoms with Gasteiger partial charge in [-0.1, -0.05) is 343 Å². The van der Waals surface area contributed by atoms with Gasteiger partial charge < -0.3 is 0 Å². The second kappa shape index (κ2) is 30.4. The van der Waals surface area contributed by atoms with E-state index in [1.54, 1.807) is 12.4 Å². The summed E-state index contributed by atoms with van der Waals surface area (Å²) < 4.78 is 0. The van der Waals surface area contributed by atoms with Gasteiger partial charge in [0.05, 0.1) is 22.8 Å². The summed E-state index contributed by atoms with van der Waals surface area (Å²) in [5, 5.41) is 2.64. The van der Waals surface area contributed by atoms with Crippen LogP contribution in [-0.2, 0) is 10.8 Å². The zero-order valence-electron chi connectivity index (χ0n) is 65.9. The van der Waals surface area contributed by atoms with Crippen molar-refractivity contribution in [3.63, 3.8) is 0 Å². The smallest absolute Gasteiger partial charge is 0.160 e. The Bertz CT molecular complexity index is 7010. The van der Waals surface area contributed by atoms with Gasteiger partial charge in [0, 0.05) is 69.0 Å². The third-order valence-corrected chi connectivity index (χ3v) is 23.8. The average Bonchev–Trinajstić information content (AvgIpc) is 1.56. The molecule has 4 heterocycles. The summed E-state index contributed by atoms with van der Waals surface area (Å²) in [4.78, 5) is 29.0. The molecule has 0 saturated carbocycles. The molecule has 0 fully saturated rings. The van der Waals surface area contributed by atoms with Crippen LogP contribution in [0.4, 0.5) is 0 Å². The lowest BCUT2D eigenvalue weighted by Gasteiger charge is -2.23. The van der Waals surface area contributed by atoms with Gasteiger partial charge in [0.1, 0.15) is 0 Å². The topological polar surface area (TPSA) is 77.3 Å². The number of nitrogens with zero attached hydrogens (tertiary/aromatic N) is 6. The molecule has 0 bridgehead atoms. The van der Waals surface area contributed by atoms with Gasteiger partial charge in [-0.25, -0.2) is 19.9 Å². The third-order valence-electron chi connectivity index (χ3n) is 23.8. The molecular weight excluding hydrogens is 1430 g/mol. The van der Waals surface area contributed by atoms with Crippen molar-refractivity contribution in [2.45, 2.75) is 38.5 Å². The van der Waals surface area contributed by atoms with Crippen molar-refractivity contribution in [1.82, 2.24) is 29.9 Å². The fourth-order valence-electron chi connectivity index (χ4n) is 17.6. The Morgan fingerprint density at radius 1 is 0.186 bits per heavy atom. The molecule has 118 heavy (non-hydrogen) atoms. The molecule has 4 aromatic heterocycles. The van der Waals surface area contributed by atoms with E-state index in [2.05, 4.69) is 377 Å². The number of hydrogen-bond acceptors (Lipinski definition) is 6. The van der Waals surface area contributed by atoms with Gasteiger partial charge in [0.15, 0.2) is 11.6 Å². The zero-order chi connectivity index (χ0) is 79.3. The molecule has 0 aliphatic heterocycles. The minimum absolute atomic E-state index is 0.00265. The lowest BCUT2D eigenvalue weighted by molar-refractivity contribution is 0.660. The molecule has 15 aromatic carbocycles. The first-order valence-corrected chi connectivity index (χ1v) is 40.4. The zero-order valence-corrected chi connectivity index (χ0v) is 65.9. The molecule has 2 aliphatic carbocycles. The first-order chi connectivity index (χ1) is 57.9. The molecule has 0 spiro atoms. The van der Waals surface area contributed by atoms with Crippen LogP contribution in [0, 0.1) is 0 Å². The second-order valence-corrected chi connectivity index (χ2v) is 31.8. The summed E-state index contributed by atoms with van der Waals surface area (Å²) in [6.45, 7) is 9.41. The Kier molecular flexibility index (Phi) is 18.6. The van der Waals surface area contributed by atoms with Gasteiger partial charge in [-0.3, -0.25) is 9.97 Å². The minimum Gasteiger partial charge on any atom is -0.264 e. The van der Waals surface area contributed by atoms with Crippen molar-refractivity contribution in [3.8, 4) is 179 Å². The van der Waals surface area contributed by atoms with Gasteiger partial charge in [-0.05, 0) is 217 Å². The predicted molar refractivity (Wildman–Crippen MR) is 488 cm³/mol. The summed E-state index contributed by atoms with van der Waals surface area (Å²) in [5.41, 5.74) is 39.0. The van der Waals surface area contributed by atoms with Crippen LogP contribution in [0.2, 0.25) is 0 Å². The Balaban J connectivity index is 0.000000152. The molecule has 0 unspecified atom stereocenters. The van der Waals surface area contributed by atoms with Gasteiger partial charge >= 0.3 is 0 Å². The number of aromatic nitrogens is 6. The molecule has 2 aliphatic rings. The third kappa shape index (κ3) is 13.9. The lowest BCUT2D eigenvalue weighted by Crippen LogP contribution is -2.15. The molecule has 0 radical (unpaired) electrons. The summed E-state index contributed by atoms with van der Waals surface area (Å²) in [5.74, 6) is 1.39. The molecule has 558 valence electrons. The van der Waals surface area contributed by atoms with Crippen LogP contribution in [0.3, 0.4) is 0 Å². The maximum absolute atomic E-state index is 5.14. The van der Waals surface area contributed by atoms with E-state index in [-0.39, 0.29) is 10.8 Å². The van der Waals surface area contributed by atoms with Crippen molar-refractivity contribution in [1.29, 1.82) is 0 Å². The number of hydrogen-bond donors (Lipinski definition) is 0. The molecule has 6 heteroatoms.